The van der Waals surface area contributed by atoms with Gasteiger partial charge in [0.05, 0.1) is 11.2 Å². The maximum atomic E-state index is 5.01. The number of hydrogen-bond donors (Lipinski definition) is 0. The zero-order valence-electron chi connectivity index (χ0n) is 13.3. The molecule has 0 radical (unpaired) electrons. The van der Waals surface area contributed by atoms with Gasteiger partial charge in [-0.3, -0.25) is 0 Å². The van der Waals surface area contributed by atoms with Crippen LogP contribution in [0.15, 0.2) is 54.6 Å². The lowest BCUT2D eigenvalue weighted by Gasteiger charge is -2.33. The lowest BCUT2D eigenvalue weighted by Crippen LogP contribution is -2.23. The number of aromatic nitrogens is 1. The zero-order chi connectivity index (χ0) is 15.2. The van der Waals surface area contributed by atoms with E-state index in [0.29, 0.717) is 5.41 Å². The van der Waals surface area contributed by atoms with E-state index in [0.717, 1.165) is 18.4 Å². The summed E-state index contributed by atoms with van der Waals surface area (Å²) in [5, 5.41) is 1.34. The molecule has 4 rings (SSSR count). The SMILES string of the molecule is CC1(C)CCc2c(-c3ccccc3)nc3ccccc3c2C1. The van der Waals surface area contributed by atoms with Gasteiger partial charge < -0.3 is 0 Å². The predicted octanol–water partition coefficient (Wildman–Crippen LogP) is 5.42. The van der Waals surface area contributed by atoms with Gasteiger partial charge in [0.2, 0.25) is 0 Å². The highest BCUT2D eigenvalue weighted by molar-refractivity contribution is 5.87. The highest BCUT2D eigenvalue weighted by Gasteiger charge is 2.29. The molecule has 110 valence electrons. The summed E-state index contributed by atoms with van der Waals surface area (Å²) in [5.41, 5.74) is 6.90. The van der Waals surface area contributed by atoms with Crippen molar-refractivity contribution < 1.29 is 0 Å². The second-order valence-corrected chi connectivity index (χ2v) is 7.14. The molecule has 0 saturated heterocycles. The molecule has 0 amide bonds. The van der Waals surface area contributed by atoms with Crippen LogP contribution in [-0.4, -0.2) is 4.98 Å². The minimum atomic E-state index is 0.380. The molecule has 1 aliphatic carbocycles. The minimum Gasteiger partial charge on any atom is -0.247 e. The number of pyridine rings is 1. The molecule has 1 aromatic heterocycles. The van der Waals surface area contributed by atoms with Gasteiger partial charge in [-0.1, -0.05) is 62.4 Å². The molecule has 0 N–H and O–H groups in total. The summed E-state index contributed by atoms with van der Waals surface area (Å²) in [5.74, 6) is 0. The van der Waals surface area contributed by atoms with E-state index < -0.39 is 0 Å². The van der Waals surface area contributed by atoms with Crippen LogP contribution in [-0.2, 0) is 12.8 Å². The number of rotatable bonds is 1. The molecule has 1 aliphatic rings. The van der Waals surface area contributed by atoms with Gasteiger partial charge in [0, 0.05) is 10.9 Å². The third kappa shape index (κ3) is 2.21. The van der Waals surface area contributed by atoms with Gasteiger partial charge in [-0.25, -0.2) is 4.98 Å². The summed E-state index contributed by atoms with van der Waals surface area (Å²) in [6.07, 6.45) is 3.51. The first-order chi connectivity index (χ1) is 10.6. The molecule has 2 aromatic carbocycles. The van der Waals surface area contributed by atoms with Crippen molar-refractivity contribution in [1.82, 2.24) is 4.98 Å². The Bertz CT molecular complexity index is 831. The van der Waals surface area contributed by atoms with E-state index in [2.05, 4.69) is 68.4 Å². The third-order valence-electron chi connectivity index (χ3n) is 4.87. The van der Waals surface area contributed by atoms with Crippen molar-refractivity contribution in [1.29, 1.82) is 0 Å². The number of nitrogens with zero attached hydrogens (tertiary/aromatic N) is 1. The van der Waals surface area contributed by atoms with E-state index >= 15 is 0 Å². The van der Waals surface area contributed by atoms with Gasteiger partial charge in [-0.2, -0.15) is 0 Å². The van der Waals surface area contributed by atoms with E-state index in [4.69, 9.17) is 4.98 Å². The topological polar surface area (TPSA) is 12.9 Å². The van der Waals surface area contributed by atoms with Gasteiger partial charge in [0.15, 0.2) is 0 Å². The molecule has 0 bridgehead atoms. The van der Waals surface area contributed by atoms with E-state index in [1.54, 1.807) is 0 Å². The first-order valence-corrected chi connectivity index (χ1v) is 8.10. The van der Waals surface area contributed by atoms with Crippen LogP contribution < -0.4 is 0 Å². The largest absolute Gasteiger partial charge is 0.247 e. The molecule has 0 aliphatic heterocycles. The van der Waals surface area contributed by atoms with Crippen LogP contribution in [0.25, 0.3) is 22.2 Å². The lowest BCUT2D eigenvalue weighted by molar-refractivity contribution is 0.317. The Morgan fingerprint density at radius 3 is 2.41 bits per heavy atom. The van der Waals surface area contributed by atoms with Crippen LogP contribution >= 0.6 is 0 Å². The van der Waals surface area contributed by atoms with Crippen molar-refractivity contribution in [3.8, 4) is 11.3 Å². The molecule has 0 fully saturated rings. The number of benzene rings is 2. The Balaban J connectivity index is 2.03. The average Bonchev–Trinajstić information content (AvgIpc) is 2.54. The summed E-state index contributed by atoms with van der Waals surface area (Å²) in [7, 11) is 0. The number of hydrogen-bond acceptors (Lipinski definition) is 1. The summed E-state index contributed by atoms with van der Waals surface area (Å²) < 4.78 is 0. The normalized spacial score (nSPS) is 16.5. The highest BCUT2D eigenvalue weighted by atomic mass is 14.7. The van der Waals surface area contributed by atoms with Crippen LogP contribution in [0.1, 0.15) is 31.4 Å². The predicted molar refractivity (Wildman–Crippen MR) is 93.0 cm³/mol. The van der Waals surface area contributed by atoms with Crippen LogP contribution in [0.5, 0.6) is 0 Å². The Kier molecular flexibility index (Phi) is 3.04. The molecule has 3 aromatic rings. The fraction of sp³-hybridized carbons (Fsp3) is 0.286. The Labute approximate surface area is 132 Å². The summed E-state index contributed by atoms with van der Waals surface area (Å²) in [4.78, 5) is 5.01. The van der Waals surface area contributed by atoms with Gasteiger partial charge >= 0.3 is 0 Å². The standard InChI is InChI=1S/C21H21N/c1-21(2)13-12-17-18(14-21)16-10-6-7-11-19(16)22-20(17)15-8-4-3-5-9-15/h3-11H,12-14H2,1-2H3. The third-order valence-corrected chi connectivity index (χ3v) is 4.87. The lowest BCUT2D eigenvalue weighted by atomic mass is 9.72. The molecule has 0 unspecified atom stereocenters. The first-order valence-electron chi connectivity index (χ1n) is 8.10. The second kappa shape index (κ2) is 4.95. The average molecular weight is 287 g/mol. The summed E-state index contributed by atoms with van der Waals surface area (Å²) in [6, 6.07) is 19.2. The molecule has 0 atom stereocenters. The van der Waals surface area contributed by atoms with Crippen LogP contribution in [0.2, 0.25) is 0 Å². The van der Waals surface area contributed by atoms with Crippen molar-refractivity contribution in [3.63, 3.8) is 0 Å². The van der Waals surface area contributed by atoms with Crippen LogP contribution in [0.3, 0.4) is 0 Å². The maximum absolute atomic E-state index is 5.01. The molecule has 0 spiro atoms. The van der Waals surface area contributed by atoms with E-state index in [-0.39, 0.29) is 0 Å². The van der Waals surface area contributed by atoms with Crippen LogP contribution in [0.4, 0.5) is 0 Å². The smallest absolute Gasteiger partial charge is 0.0744 e. The van der Waals surface area contributed by atoms with E-state index in [1.807, 2.05) is 0 Å². The number of fused-ring (bicyclic) bond motifs is 3. The molecule has 1 nitrogen and oxygen atoms in total. The zero-order valence-corrected chi connectivity index (χ0v) is 13.3. The Hall–Kier alpha value is -2.15. The molecule has 22 heavy (non-hydrogen) atoms. The quantitative estimate of drug-likeness (QED) is 0.582. The fourth-order valence-corrected chi connectivity index (χ4v) is 3.66. The number of para-hydroxylation sites is 1. The minimum absolute atomic E-state index is 0.380. The molecule has 0 saturated carbocycles. The Morgan fingerprint density at radius 1 is 0.864 bits per heavy atom. The second-order valence-electron chi connectivity index (χ2n) is 7.14. The summed E-state index contributed by atoms with van der Waals surface area (Å²) in [6.45, 7) is 4.76. The molecular formula is C21H21N. The maximum Gasteiger partial charge on any atom is 0.0744 e. The molecular weight excluding hydrogens is 266 g/mol. The van der Waals surface area contributed by atoms with Crippen molar-refractivity contribution in [2.75, 3.05) is 0 Å². The summed E-state index contributed by atoms with van der Waals surface area (Å²) >= 11 is 0. The van der Waals surface area contributed by atoms with Gasteiger partial charge in [-0.15, -0.1) is 0 Å². The highest BCUT2D eigenvalue weighted by Crippen LogP contribution is 2.41. The van der Waals surface area contributed by atoms with Crippen molar-refractivity contribution in [2.24, 2.45) is 5.41 Å². The van der Waals surface area contributed by atoms with E-state index in [1.165, 1.54) is 34.2 Å². The van der Waals surface area contributed by atoms with Crippen molar-refractivity contribution in [3.05, 3.63) is 65.7 Å². The molecule has 1 heteroatoms. The van der Waals surface area contributed by atoms with Crippen molar-refractivity contribution >= 4 is 10.9 Å². The molecule has 1 heterocycles. The van der Waals surface area contributed by atoms with Crippen molar-refractivity contribution in [2.45, 2.75) is 33.1 Å². The van der Waals surface area contributed by atoms with Gasteiger partial charge in [-0.05, 0) is 41.9 Å². The van der Waals surface area contributed by atoms with Gasteiger partial charge in [0.1, 0.15) is 0 Å². The fourth-order valence-electron chi connectivity index (χ4n) is 3.66. The van der Waals surface area contributed by atoms with Crippen LogP contribution in [0, 0.1) is 5.41 Å². The van der Waals surface area contributed by atoms with Gasteiger partial charge in [0.25, 0.3) is 0 Å². The van der Waals surface area contributed by atoms with E-state index in [9.17, 15) is 0 Å². The monoisotopic (exact) mass is 287 g/mol. The Morgan fingerprint density at radius 2 is 1.59 bits per heavy atom. The first kappa shape index (κ1) is 13.5.